The van der Waals surface area contributed by atoms with Crippen LogP contribution in [0.5, 0.6) is 0 Å². The average Bonchev–Trinajstić information content (AvgIpc) is 2.38. The number of carboxylic acids is 1. The van der Waals surface area contributed by atoms with Crippen LogP contribution in [0.1, 0.15) is 23.1 Å². The number of aromatic carboxylic acids is 1. The van der Waals surface area contributed by atoms with E-state index in [2.05, 4.69) is 15.0 Å². The van der Waals surface area contributed by atoms with E-state index in [1.807, 2.05) is 6.92 Å². The zero-order chi connectivity index (χ0) is 13.8. The molecular formula is C12H10ClN3O2S. The highest BCUT2D eigenvalue weighted by atomic mass is 35.5. The fraction of sp³-hybridized carbons (Fsp3) is 0.167. The Labute approximate surface area is 119 Å². The lowest BCUT2D eigenvalue weighted by Gasteiger charge is -2.03. The molecular weight excluding hydrogens is 286 g/mol. The van der Waals surface area contributed by atoms with Gasteiger partial charge in [-0.05, 0) is 47.6 Å². The molecule has 1 N–H and O–H groups in total. The van der Waals surface area contributed by atoms with Gasteiger partial charge in [0.15, 0.2) is 5.16 Å². The minimum absolute atomic E-state index is 0.163. The molecule has 0 unspecified atom stereocenters. The highest BCUT2D eigenvalue weighted by molar-refractivity contribution is 7.99. The molecule has 0 saturated heterocycles. The van der Waals surface area contributed by atoms with Crippen molar-refractivity contribution in [2.24, 2.45) is 0 Å². The maximum absolute atomic E-state index is 10.7. The molecule has 0 aliphatic rings. The van der Waals surface area contributed by atoms with Crippen LogP contribution in [0.2, 0.25) is 5.28 Å². The molecule has 7 heteroatoms. The molecule has 1 aromatic carbocycles. The van der Waals surface area contributed by atoms with E-state index in [4.69, 9.17) is 16.7 Å². The number of hydrogen-bond donors (Lipinski definition) is 1. The molecule has 0 saturated carbocycles. The lowest BCUT2D eigenvalue weighted by atomic mass is 10.2. The highest BCUT2D eigenvalue weighted by Crippen LogP contribution is 2.25. The molecule has 2 aromatic rings. The molecule has 0 spiro atoms. The van der Waals surface area contributed by atoms with Crippen molar-refractivity contribution in [2.75, 3.05) is 0 Å². The molecule has 0 fully saturated rings. The van der Waals surface area contributed by atoms with Crippen LogP contribution in [0.4, 0.5) is 0 Å². The van der Waals surface area contributed by atoms with E-state index in [0.717, 1.165) is 4.90 Å². The van der Waals surface area contributed by atoms with Gasteiger partial charge in [-0.15, -0.1) is 0 Å². The third-order valence-electron chi connectivity index (χ3n) is 2.26. The summed E-state index contributed by atoms with van der Waals surface area (Å²) in [5.41, 5.74) is 0.243. The molecule has 0 amide bonds. The summed E-state index contributed by atoms with van der Waals surface area (Å²) >= 11 is 7.12. The Morgan fingerprint density at radius 2 is 1.95 bits per heavy atom. The summed E-state index contributed by atoms with van der Waals surface area (Å²) in [6.45, 7) is 1.93. The van der Waals surface area contributed by atoms with Gasteiger partial charge in [-0.2, -0.15) is 4.98 Å². The minimum Gasteiger partial charge on any atom is -0.478 e. The van der Waals surface area contributed by atoms with Crippen LogP contribution in [-0.2, 0) is 6.42 Å². The summed E-state index contributed by atoms with van der Waals surface area (Å²) in [6, 6.07) is 6.48. The van der Waals surface area contributed by atoms with Crippen molar-refractivity contribution in [3.05, 3.63) is 40.9 Å². The number of carbonyl (C=O) groups is 1. The maximum Gasteiger partial charge on any atom is 0.335 e. The number of aromatic nitrogens is 3. The third kappa shape index (κ3) is 3.65. The number of rotatable bonds is 4. The van der Waals surface area contributed by atoms with E-state index in [1.165, 1.54) is 23.9 Å². The number of halogens is 1. The van der Waals surface area contributed by atoms with Gasteiger partial charge in [0.25, 0.3) is 0 Å². The second kappa shape index (κ2) is 5.99. The monoisotopic (exact) mass is 295 g/mol. The van der Waals surface area contributed by atoms with Crippen molar-refractivity contribution >= 4 is 29.3 Å². The fourth-order valence-corrected chi connectivity index (χ4v) is 2.34. The van der Waals surface area contributed by atoms with E-state index in [-0.39, 0.29) is 10.8 Å². The number of hydrogen-bond acceptors (Lipinski definition) is 5. The number of benzene rings is 1. The van der Waals surface area contributed by atoms with E-state index in [1.54, 1.807) is 12.1 Å². The van der Waals surface area contributed by atoms with E-state index in [0.29, 0.717) is 17.4 Å². The standard InChI is InChI=1S/C12H10ClN3O2S/c1-2-9-14-11(13)16-12(15-9)19-8-5-3-7(4-6-8)10(17)18/h3-6H,2H2,1H3,(H,17,18). The zero-order valence-corrected chi connectivity index (χ0v) is 11.6. The normalized spacial score (nSPS) is 10.4. The van der Waals surface area contributed by atoms with Crippen LogP contribution in [0, 0.1) is 0 Å². The second-order valence-electron chi connectivity index (χ2n) is 3.59. The Kier molecular flexibility index (Phi) is 4.34. The third-order valence-corrected chi connectivity index (χ3v) is 3.30. The van der Waals surface area contributed by atoms with Crippen LogP contribution in [0.25, 0.3) is 0 Å². The summed E-state index contributed by atoms with van der Waals surface area (Å²) in [5, 5.41) is 9.48. The largest absolute Gasteiger partial charge is 0.478 e. The molecule has 0 atom stereocenters. The van der Waals surface area contributed by atoms with Gasteiger partial charge in [-0.1, -0.05) is 6.92 Å². The molecule has 2 rings (SSSR count). The molecule has 0 bridgehead atoms. The molecule has 1 heterocycles. The first kappa shape index (κ1) is 13.8. The molecule has 0 aliphatic carbocycles. The van der Waals surface area contributed by atoms with Gasteiger partial charge in [0.1, 0.15) is 5.82 Å². The minimum atomic E-state index is -0.951. The van der Waals surface area contributed by atoms with Crippen molar-refractivity contribution in [3.8, 4) is 0 Å². The molecule has 5 nitrogen and oxygen atoms in total. The zero-order valence-electron chi connectivity index (χ0n) is 10.00. The van der Waals surface area contributed by atoms with Gasteiger partial charge in [0.05, 0.1) is 5.56 Å². The van der Waals surface area contributed by atoms with Gasteiger partial charge < -0.3 is 5.11 Å². The summed E-state index contributed by atoms with van der Waals surface area (Å²) in [4.78, 5) is 23.8. The molecule has 19 heavy (non-hydrogen) atoms. The maximum atomic E-state index is 10.7. The van der Waals surface area contributed by atoms with Crippen LogP contribution >= 0.6 is 23.4 Å². The predicted octanol–water partition coefficient (Wildman–Crippen LogP) is 2.94. The Morgan fingerprint density at radius 3 is 2.53 bits per heavy atom. The number of nitrogens with zero attached hydrogens (tertiary/aromatic N) is 3. The Hall–Kier alpha value is -1.66. The molecule has 98 valence electrons. The first-order valence-electron chi connectivity index (χ1n) is 5.50. The molecule has 1 aromatic heterocycles. The summed E-state index contributed by atoms with van der Waals surface area (Å²) in [6.07, 6.45) is 0.674. The van der Waals surface area contributed by atoms with Crippen molar-refractivity contribution in [3.63, 3.8) is 0 Å². The van der Waals surface area contributed by atoms with Crippen LogP contribution in [0.3, 0.4) is 0 Å². The van der Waals surface area contributed by atoms with Crippen molar-refractivity contribution in [2.45, 2.75) is 23.4 Å². The van der Waals surface area contributed by atoms with Crippen LogP contribution in [-0.4, -0.2) is 26.0 Å². The van der Waals surface area contributed by atoms with Gasteiger partial charge >= 0.3 is 5.97 Å². The number of carboxylic acid groups (broad SMARTS) is 1. The molecule has 0 aliphatic heterocycles. The quantitative estimate of drug-likeness (QED) is 0.934. The van der Waals surface area contributed by atoms with E-state index in [9.17, 15) is 4.79 Å². The first-order valence-corrected chi connectivity index (χ1v) is 6.69. The van der Waals surface area contributed by atoms with Crippen molar-refractivity contribution in [1.29, 1.82) is 0 Å². The summed E-state index contributed by atoms with van der Waals surface area (Å²) in [5.74, 6) is -0.322. The van der Waals surface area contributed by atoms with Gasteiger partial charge in [0, 0.05) is 11.3 Å². The smallest absolute Gasteiger partial charge is 0.335 e. The fourth-order valence-electron chi connectivity index (χ4n) is 1.35. The SMILES string of the molecule is CCc1nc(Cl)nc(Sc2ccc(C(=O)O)cc2)n1. The van der Waals surface area contributed by atoms with E-state index >= 15 is 0 Å². The van der Waals surface area contributed by atoms with Crippen LogP contribution < -0.4 is 0 Å². The summed E-state index contributed by atoms with van der Waals surface area (Å²) < 4.78 is 0. The lowest BCUT2D eigenvalue weighted by molar-refractivity contribution is 0.0697. The van der Waals surface area contributed by atoms with Crippen molar-refractivity contribution in [1.82, 2.24) is 15.0 Å². The van der Waals surface area contributed by atoms with Crippen molar-refractivity contribution < 1.29 is 9.90 Å². The lowest BCUT2D eigenvalue weighted by Crippen LogP contribution is -1.98. The average molecular weight is 296 g/mol. The second-order valence-corrected chi connectivity index (χ2v) is 4.97. The Morgan fingerprint density at radius 1 is 1.26 bits per heavy atom. The topological polar surface area (TPSA) is 76.0 Å². The number of aryl methyl sites for hydroxylation is 1. The van der Waals surface area contributed by atoms with E-state index < -0.39 is 5.97 Å². The highest BCUT2D eigenvalue weighted by Gasteiger charge is 2.07. The van der Waals surface area contributed by atoms with Gasteiger partial charge in [-0.25, -0.2) is 14.8 Å². The Bertz CT molecular complexity index is 604. The van der Waals surface area contributed by atoms with Gasteiger partial charge in [0.2, 0.25) is 5.28 Å². The van der Waals surface area contributed by atoms with Gasteiger partial charge in [-0.3, -0.25) is 0 Å². The molecule has 0 radical (unpaired) electrons. The Balaban J connectivity index is 2.21. The predicted molar refractivity (Wildman–Crippen MR) is 71.7 cm³/mol. The van der Waals surface area contributed by atoms with Crippen LogP contribution in [0.15, 0.2) is 34.3 Å². The first-order chi connectivity index (χ1) is 9.08. The summed E-state index contributed by atoms with van der Waals surface area (Å²) in [7, 11) is 0.